The molecule has 20 nitrogen and oxygen atoms in total. The topological polar surface area (TPSA) is 235 Å². The fourth-order valence-corrected chi connectivity index (χ4v) is 13.9. The van der Waals surface area contributed by atoms with Crippen LogP contribution in [0.1, 0.15) is 136 Å². The Balaban J connectivity index is 0.000000134. The van der Waals surface area contributed by atoms with E-state index in [1.54, 1.807) is 106 Å². The van der Waals surface area contributed by atoms with Crippen molar-refractivity contribution in [2.45, 2.75) is 65.0 Å². The van der Waals surface area contributed by atoms with Crippen LogP contribution >= 0.6 is 0 Å². The number of likely N-dealkylation sites (tertiary alicyclic amines) is 2. The molecule has 0 spiro atoms. The molecule has 5 amide bonds. The molecule has 11 aromatic rings. The summed E-state index contributed by atoms with van der Waals surface area (Å²) in [5.74, 6) is -1.15. The number of carbonyl (C=O) groups excluding carboxylic acids is 5. The number of phenols is 1. The minimum atomic E-state index is -1.14. The zero-order valence-electron chi connectivity index (χ0n) is 58.1. The molecule has 16 rings (SSSR count). The van der Waals surface area contributed by atoms with Crippen LogP contribution in [0.4, 0.5) is 13.2 Å². The molecule has 0 aliphatic carbocycles. The number of fused-ring (bicyclic) bond motifs is 6. The van der Waals surface area contributed by atoms with Gasteiger partial charge in [0, 0.05) is 118 Å². The van der Waals surface area contributed by atoms with Gasteiger partial charge in [-0.15, -0.1) is 0 Å². The van der Waals surface area contributed by atoms with Gasteiger partial charge in [0.25, 0.3) is 29.5 Å². The van der Waals surface area contributed by atoms with Crippen LogP contribution in [0.25, 0.3) is 32.7 Å². The smallest absolute Gasteiger partial charge is 0.336 e. The highest BCUT2D eigenvalue weighted by molar-refractivity contribution is 6.18. The molecule has 0 radical (unpaired) electrons. The first-order valence-corrected chi connectivity index (χ1v) is 34.2. The second-order valence-electron chi connectivity index (χ2n) is 26.7. The second kappa shape index (κ2) is 29.2. The predicted octanol–water partition coefficient (Wildman–Crippen LogP) is 12.9. The quantitative estimate of drug-likeness (QED) is 0.0862. The van der Waals surface area contributed by atoms with E-state index in [9.17, 15) is 52.2 Å². The molecule has 2 saturated heterocycles. The minimum absolute atomic E-state index is 0.0444. The van der Waals surface area contributed by atoms with Gasteiger partial charge in [-0.05, 0) is 155 Å². The maximum Gasteiger partial charge on any atom is 0.336 e. The highest BCUT2D eigenvalue weighted by Crippen LogP contribution is 2.45. The lowest BCUT2D eigenvalue weighted by atomic mass is 9.93. The number of amides is 5. The molecular formula is C82H71F3N8O12. The van der Waals surface area contributed by atoms with Gasteiger partial charge in [0.2, 0.25) is 0 Å². The predicted molar refractivity (Wildman–Crippen MR) is 385 cm³/mol. The van der Waals surface area contributed by atoms with Crippen LogP contribution in [0.5, 0.6) is 28.7 Å². The largest absolute Gasteiger partial charge is 0.505 e. The number of benzene rings is 8. The zero-order chi connectivity index (χ0) is 73.5. The molecule has 3 aromatic heterocycles. The lowest BCUT2D eigenvalue weighted by molar-refractivity contribution is 0.0645. The van der Waals surface area contributed by atoms with Crippen molar-refractivity contribution in [2.75, 3.05) is 61.5 Å². The molecule has 5 aliphatic heterocycles. The molecule has 23 heteroatoms. The highest BCUT2D eigenvalue weighted by atomic mass is 19.1. The van der Waals surface area contributed by atoms with E-state index in [4.69, 9.17) is 23.9 Å². The Morgan fingerprint density at radius 1 is 0.429 bits per heavy atom. The normalized spacial score (nSPS) is 14.1. The number of ether oxygens (including phenoxy) is 4. The Labute approximate surface area is 601 Å². The van der Waals surface area contributed by atoms with E-state index in [2.05, 4.69) is 9.97 Å². The lowest BCUT2D eigenvalue weighted by Gasteiger charge is -2.32. The fourth-order valence-electron chi connectivity index (χ4n) is 13.9. The molecule has 8 aromatic carbocycles. The van der Waals surface area contributed by atoms with Gasteiger partial charge in [-0.25, -0.2) is 18.0 Å². The molecule has 2 fully saturated rings. The van der Waals surface area contributed by atoms with E-state index in [0.29, 0.717) is 124 Å². The number of aromatic carboxylic acids is 1. The number of hydrogen-bond donors (Lipinski definition) is 2. The summed E-state index contributed by atoms with van der Waals surface area (Å²) in [6.45, 7) is 3.89. The summed E-state index contributed by atoms with van der Waals surface area (Å²) in [7, 11) is 8.20. The minimum Gasteiger partial charge on any atom is -0.505 e. The Bertz CT molecular complexity index is 5310. The van der Waals surface area contributed by atoms with Crippen LogP contribution < -0.4 is 18.9 Å². The van der Waals surface area contributed by atoms with Gasteiger partial charge in [-0.1, -0.05) is 60.7 Å². The number of methoxy groups -OCH3 is 2. The summed E-state index contributed by atoms with van der Waals surface area (Å²) in [5.41, 5.74) is 11.5. The van der Waals surface area contributed by atoms with Crippen LogP contribution in [-0.2, 0) is 52.1 Å². The summed E-state index contributed by atoms with van der Waals surface area (Å²) in [5, 5.41) is 22.5. The van der Waals surface area contributed by atoms with Crippen LogP contribution in [0.3, 0.4) is 0 Å². The highest BCUT2D eigenvalue weighted by Gasteiger charge is 2.41. The van der Waals surface area contributed by atoms with Gasteiger partial charge in [0.05, 0.1) is 47.6 Å². The van der Waals surface area contributed by atoms with Crippen LogP contribution in [0, 0.1) is 17.5 Å². The molecule has 8 heterocycles. The molecule has 0 unspecified atom stereocenters. The standard InChI is InChI=1S/C31H28FN3O4.C28H23FN2O5.C23H20FN3O3/c1-34-17-25-26(31(37)35-12-3-13-35)24-15-21(14-19-4-8-22(32)9-5-19)16-33-28(24)29(27(25)30(34)36)39-18-20-6-10-23(38-2)11-7-20;1-31-14-22-23(28(33)34)21-12-18(11-16-3-7-19(29)8-4-16)13-30-25(21)26(24(22)27(31)32)36-15-17-5-9-20(35-2)10-6-17;1-26-12-17-18(23(30)27-7-2-8-27)16-10-14(9-13-3-5-15(24)6-4-13)11-25-20(16)21(28)19(17)22(26)29/h4-11,15-16H,3,12-14,17-18H2,1-2H3;3-10,12-13H,11,14-15H2,1-2H3,(H,33,34);3-6,10-11,28H,2,7-9,12H2,1H3. The number of hydrogen-bond acceptors (Lipinski definition) is 14. The Hall–Kier alpha value is -12.4. The van der Waals surface area contributed by atoms with Gasteiger partial charge in [-0.2, -0.15) is 0 Å². The fraction of sp³-hybridized carbons (Fsp3) is 0.232. The number of phenolic OH excluding ortho intramolecular Hbond substituents is 1. The summed E-state index contributed by atoms with van der Waals surface area (Å²) in [4.78, 5) is 100. The van der Waals surface area contributed by atoms with Crippen molar-refractivity contribution < 1.29 is 71.1 Å². The number of aromatic nitrogens is 3. The van der Waals surface area contributed by atoms with Crippen molar-refractivity contribution in [3.05, 3.63) is 270 Å². The molecule has 0 saturated carbocycles. The number of nitrogens with zero attached hydrogens (tertiary/aromatic N) is 8. The number of carboxylic acid groups (broad SMARTS) is 1. The summed E-state index contributed by atoms with van der Waals surface area (Å²) in [6.07, 6.45) is 8.39. The molecular weight excluding hydrogens is 1350 g/mol. The van der Waals surface area contributed by atoms with Crippen LogP contribution in [0.15, 0.2) is 158 Å². The van der Waals surface area contributed by atoms with Crippen molar-refractivity contribution in [3.63, 3.8) is 0 Å². The first-order valence-electron chi connectivity index (χ1n) is 34.2. The number of aromatic hydroxyl groups is 1. The third kappa shape index (κ3) is 13.8. The van der Waals surface area contributed by atoms with Crippen LogP contribution in [-0.4, -0.2) is 147 Å². The zero-order valence-corrected chi connectivity index (χ0v) is 58.1. The van der Waals surface area contributed by atoms with Crippen molar-refractivity contribution >= 4 is 68.2 Å². The van der Waals surface area contributed by atoms with Crippen LogP contribution in [0.2, 0.25) is 0 Å². The Kier molecular flexibility index (Phi) is 19.3. The average molecular weight is 1420 g/mol. The summed E-state index contributed by atoms with van der Waals surface area (Å²) < 4.78 is 62.9. The monoisotopic (exact) mass is 1420 g/mol. The third-order valence-electron chi connectivity index (χ3n) is 19.6. The maximum absolute atomic E-state index is 13.7. The number of halogens is 3. The van der Waals surface area contributed by atoms with Crippen molar-refractivity contribution in [1.82, 2.24) is 39.5 Å². The third-order valence-corrected chi connectivity index (χ3v) is 19.6. The SMILES string of the molecule is CN1Cc2c(c(O)c3ncc(Cc4ccc(F)cc4)cc3c2C(=O)N2CCC2)C1=O.COc1ccc(COc2c3c(c(C(=O)N4CCC4)c4cc(Cc5ccc(F)cc5)cnc24)CN(C)C3=O)cc1.COc1ccc(COc2c3c(c(C(=O)O)c4cc(Cc5ccc(F)cc5)cnc24)CN(C)C3=O)cc1. The molecule has 532 valence electrons. The molecule has 5 aliphatic rings. The maximum atomic E-state index is 13.7. The van der Waals surface area contributed by atoms with E-state index < -0.39 is 5.97 Å². The molecule has 0 atom stereocenters. The number of carbonyl (C=O) groups is 6. The number of rotatable bonds is 17. The van der Waals surface area contributed by atoms with Crippen molar-refractivity contribution in [1.29, 1.82) is 0 Å². The lowest BCUT2D eigenvalue weighted by Crippen LogP contribution is -2.42. The Morgan fingerprint density at radius 3 is 1.09 bits per heavy atom. The first-order chi connectivity index (χ1) is 50.7. The molecule has 105 heavy (non-hydrogen) atoms. The van der Waals surface area contributed by atoms with Gasteiger partial charge >= 0.3 is 5.97 Å². The van der Waals surface area contributed by atoms with E-state index in [1.807, 2.05) is 65.6 Å². The second-order valence-corrected chi connectivity index (χ2v) is 26.7. The molecule has 0 bridgehead atoms. The number of carboxylic acids is 1. The van der Waals surface area contributed by atoms with Crippen molar-refractivity contribution in [2.24, 2.45) is 0 Å². The average Bonchev–Trinajstić information content (AvgIpc) is 1.71. The first kappa shape index (κ1) is 69.7. The van der Waals surface area contributed by atoms with Gasteiger partial charge in [0.1, 0.15) is 58.7 Å². The van der Waals surface area contributed by atoms with E-state index in [0.717, 1.165) is 63.1 Å². The van der Waals surface area contributed by atoms with Gasteiger partial charge < -0.3 is 53.7 Å². The Morgan fingerprint density at radius 2 is 0.743 bits per heavy atom. The number of pyridine rings is 3. The van der Waals surface area contributed by atoms with Gasteiger partial charge in [-0.3, -0.25) is 38.9 Å². The summed E-state index contributed by atoms with van der Waals surface area (Å²) in [6, 6.07) is 39.1. The summed E-state index contributed by atoms with van der Waals surface area (Å²) >= 11 is 0. The van der Waals surface area contributed by atoms with Gasteiger partial charge in [0.15, 0.2) is 17.2 Å². The molecule has 2 N–H and O–H groups in total. The van der Waals surface area contributed by atoms with Crippen molar-refractivity contribution in [3.8, 4) is 28.7 Å². The van der Waals surface area contributed by atoms with E-state index in [-0.39, 0.29) is 107 Å². The van der Waals surface area contributed by atoms with E-state index >= 15 is 0 Å². The van der Waals surface area contributed by atoms with E-state index in [1.165, 1.54) is 46.2 Å².